The molecule has 0 saturated carbocycles. The number of ether oxygens (including phenoxy) is 2. The minimum Gasteiger partial charge on any atom is -0.490 e. The minimum atomic E-state index is -1.27. The van der Waals surface area contributed by atoms with Crippen molar-refractivity contribution in [3.8, 4) is 5.75 Å². The maximum Gasteiger partial charge on any atom is 0.407 e. The van der Waals surface area contributed by atoms with Gasteiger partial charge in [0.05, 0.1) is 18.2 Å². The maximum atomic E-state index is 14.8. The van der Waals surface area contributed by atoms with E-state index in [2.05, 4.69) is 26.6 Å². The van der Waals surface area contributed by atoms with Gasteiger partial charge >= 0.3 is 6.09 Å². The Morgan fingerprint density at radius 1 is 1.09 bits per heavy atom. The molecule has 0 aliphatic carbocycles. The number of aryl methyl sites for hydroxylation is 1. The van der Waals surface area contributed by atoms with Gasteiger partial charge in [0, 0.05) is 16.0 Å². The molecule has 3 aromatic carbocycles. The molecule has 8 nitrogen and oxygen atoms in total. The molecular formula is C34H39BrF2N2O6. The Kier molecular flexibility index (Phi) is 11.2. The van der Waals surface area contributed by atoms with Crippen molar-refractivity contribution in [3.63, 3.8) is 0 Å². The number of fused-ring (bicyclic) bond motifs is 1. The summed E-state index contributed by atoms with van der Waals surface area (Å²) in [6.07, 6.45) is -3.23. The Morgan fingerprint density at radius 3 is 2.44 bits per heavy atom. The monoisotopic (exact) mass is 688 g/mol. The summed E-state index contributed by atoms with van der Waals surface area (Å²) in [7, 11) is 0. The summed E-state index contributed by atoms with van der Waals surface area (Å²) in [6.45, 7) is 6.70. The summed E-state index contributed by atoms with van der Waals surface area (Å²) in [5.41, 5.74) is 1.07. The van der Waals surface area contributed by atoms with Gasteiger partial charge in [-0.2, -0.15) is 0 Å². The lowest BCUT2D eigenvalue weighted by Gasteiger charge is -2.34. The molecule has 242 valence electrons. The van der Waals surface area contributed by atoms with E-state index in [1.54, 1.807) is 39.8 Å². The molecule has 0 aromatic heterocycles. The summed E-state index contributed by atoms with van der Waals surface area (Å²) >= 11 is 3.40. The van der Waals surface area contributed by atoms with Crippen LogP contribution in [0.25, 0.3) is 0 Å². The smallest absolute Gasteiger partial charge is 0.407 e. The van der Waals surface area contributed by atoms with Crippen molar-refractivity contribution in [2.75, 3.05) is 6.61 Å². The normalized spacial score (nSPS) is 18.2. The standard InChI is InChI=1S/C34H39BrF2N2O6/c1-19-13-24(36)17-25-30(29(41)18-44-31(19)25)39-32(42)22(15-21-7-5-6-8-26(21)37)16-28(40)27(38-33(43)45-34(2,3)4)14-20-9-11-23(35)12-10-20/h5-13,17,22,27-30,40-41H,14-16,18H2,1-4H3,(H,38,43)(H,39,42)/t22-,27+,28+,29-,30+/m1/s1. The Balaban J connectivity index is 1.62. The van der Waals surface area contributed by atoms with Crippen LogP contribution < -0.4 is 15.4 Å². The number of amides is 2. The first-order chi connectivity index (χ1) is 21.2. The molecule has 0 spiro atoms. The molecule has 3 aromatic rings. The predicted octanol–water partition coefficient (Wildman–Crippen LogP) is 5.69. The minimum absolute atomic E-state index is 0.0820. The van der Waals surface area contributed by atoms with E-state index in [-0.39, 0.29) is 37.0 Å². The molecule has 0 radical (unpaired) electrons. The summed E-state index contributed by atoms with van der Waals surface area (Å²) in [4.78, 5) is 26.7. The molecule has 11 heteroatoms. The fourth-order valence-corrected chi connectivity index (χ4v) is 5.65. The van der Waals surface area contributed by atoms with Crippen molar-refractivity contribution in [3.05, 3.63) is 99.0 Å². The van der Waals surface area contributed by atoms with Crippen LogP contribution in [0.2, 0.25) is 0 Å². The van der Waals surface area contributed by atoms with Gasteiger partial charge in [-0.05, 0) is 94.0 Å². The highest BCUT2D eigenvalue weighted by Gasteiger charge is 2.36. The fraction of sp³-hybridized carbons (Fsp3) is 0.412. The van der Waals surface area contributed by atoms with E-state index in [1.807, 2.05) is 24.3 Å². The molecule has 1 heterocycles. The number of nitrogens with one attached hydrogen (secondary N) is 2. The number of rotatable bonds is 10. The van der Waals surface area contributed by atoms with Gasteiger partial charge in [-0.15, -0.1) is 0 Å². The number of hydrogen-bond acceptors (Lipinski definition) is 6. The van der Waals surface area contributed by atoms with Gasteiger partial charge in [0.2, 0.25) is 5.91 Å². The zero-order valence-corrected chi connectivity index (χ0v) is 27.2. The predicted molar refractivity (Wildman–Crippen MR) is 169 cm³/mol. The number of aliphatic hydroxyl groups excluding tert-OH is 2. The average Bonchev–Trinajstić information content (AvgIpc) is 2.95. The molecule has 0 saturated heterocycles. The number of benzene rings is 3. The van der Waals surface area contributed by atoms with Crippen LogP contribution in [-0.4, -0.2) is 52.7 Å². The van der Waals surface area contributed by atoms with E-state index < -0.39 is 59.4 Å². The van der Waals surface area contributed by atoms with E-state index in [0.29, 0.717) is 11.3 Å². The number of alkyl carbamates (subject to hydrolysis) is 1. The molecule has 1 aliphatic heterocycles. The molecule has 45 heavy (non-hydrogen) atoms. The third-order valence-electron chi connectivity index (χ3n) is 7.54. The van der Waals surface area contributed by atoms with Gasteiger partial charge < -0.3 is 30.3 Å². The third-order valence-corrected chi connectivity index (χ3v) is 8.07. The molecule has 0 unspecified atom stereocenters. The highest BCUT2D eigenvalue weighted by atomic mass is 79.9. The Morgan fingerprint density at radius 2 is 1.78 bits per heavy atom. The number of aliphatic hydroxyl groups is 2. The first-order valence-corrected chi connectivity index (χ1v) is 15.6. The van der Waals surface area contributed by atoms with Crippen LogP contribution in [0.15, 0.2) is 65.1 Å². The molecule has 4 rings (SSSR count). The lowest BCUT2D eigenvalue weighted by molar-refractivity contribution is -0.128. The Bertz CT molecular complexity index is 1500. The Labute approximate surface area is 270 Å². The summed E-state index contributed by atoms with van der Waals surface area (Å²) in [5.74, 6) is -2.29. The summed E-state index contributed by atoms with van der Waals surface area (Å²) < 4.78 is 41.1. The van der Waals surface area contributed by atoms with Crippen molar-refractivity contribution in [2.45, 2.75) is 76.9 Å². The quantitative estimate of drug-likeness (QED) is 0.217. The van der Waals surface area contributed by atoms with Gasteiger partial charge in [-0.1, -0.05) is 46.3 Å². The number of hydrogen-bond donors (Lipinski definition) is 4. The van der Waals surface area contributed by atoms with Crippen molar-refractivity contribution >= 4 is 27.9 Å². The van der Waals surface area contributed by atoms with E-state index in [9.17, 15) is 28.6 Å². The van der Waals surface area contributed by atoms with Crippen LogP contribution in [-0.2, 0) is 22.4 Å². The van der Waals surface area contributed by atoms with E-state index in [0.717, 1.165) is 10.0 Å². The zero-order chi connectivity index (χ0) is 32.9. The van der Waals surface area contributed by atoms with Crippen LogP contribution in [0, 0.1) is 24.5 Å². The largest absolute Gasteiger partial charge is 0.490 e. The molecule has 1 aliphatic rings. The third kappa shape index (κ3) is 9.48. The van der Waals surface area contributed by atoms with Crippen LogP contribution in [0.3, 0.4) is 0 Å². The maximum absolute atomic E-state index is 14.8. The number of halogens is 3. The topological polar surface area (TPSA) is 117 Å². The van der Waals surface area contributed by atoms with Crippen LogP contribution in [0.5, 0.6) is 5.75 Å². The number of carbonyl (C=O) groups excluding carboxylic acids is 2. The van der Waals surface area contributed by atoms with Crippen LogP contribution in [0.1, 0.15) is 55.5 Å². The van der Waals surface area contributed by atoms with Gasteiger partial charge in [-0.3, -0.25) is 4.79 Å². The number of carbonyl (C=O) groups is 2. The van der Waals surface area contributed by atoms with Crippen molar-refractivity contribution < 1.29 is 38.1 Å². The summed E-state index contributed by atoms with van der Waals surface area (Å²) in [5, 5.41) is 27.9. The lowest BCUT2D eigenvalue weighted by Crippen LogP contribution is -2.49. The summed E-state index contributed by atoms with van der Waals surface area (Å²) in [6, 6.07) is 14.0. The second-order valence-electron chi connectivity index (χ2n) is 12.4. The first-order valence-electron chi connectivity index (χ1n) is 14.8. The van der Waals surface area contributed by atoms with E-state index >= 15 is 0 Å². The molecule has 4 N–H and O–H groups in total. The van der Waals surface area contributed by atoms with Crippen molar-refractivity contribution in [2.24, 2.45) is 5.92 Å². The molecular weight excluding hydrogens is 650 g/mol. The van der Waals surface area contributed by atoms with Gasteiger partial charge in [-0.25, -0.2) is 13.6 Å². The van der Waals surface area contributed by atoms with Crippen molar-refractivity contribution in [1.82, 2.24) is 10.6 Å². The van der Waals surface area contributed by atoms with Gasteiger partial charge in [0.15, 0.2) is 0 Å². The van der Waals surface area contributed by atoms with Gasteiger partial charge in [0.25, 0.3) is 0 Å². The highest BCUT2D eigenvalue weighted by molar-refractivity contribution is 9.10. The average molecular weight is 690 g/mol. The highest BCUT2D eigenvalue weighted by Crippen LogP contribution is 2.36. The molecule has 5 atom stereocenters. The lowest BCUT2D eigenvalue weighted by atomic mass is 9.87. The van der Waals surface area contributed by atoms with E-state index in [4.69, 9.17) is 9.47 Å². The van der Waals surface area contributed by atoms with Crippen LogP contribution in [0.4, 0.5) is 13.6 Å². The van der Waals surface area contributed by atoms with E-state index in [1.165, 1.54) is 24.3 Å². The molecule has 0 bridgehead atoms. The fourth-order valence-electron chi connectivity index (χ4n) is 5.39. The zero-order valence-electron chi connectivity index (χ0n) is 25.6. The Hall–Kier alpha value is -3.54. The molecule has 0 fully saturated rings. The molecule has 2 amide bonds. The second kappa shape index (κ2) is 14.7. The van der Waals surface area contributed by atoms with Crippen molar-refractivity contribution in [1.29, 1.82) is 0 Å². The second-order valence-corrected chi connectivity index (χ2v) is 13.3. The first kappa shape index (κ1) is 34.3. The SMILES string of the molecule is Cc1cc(F)cc2c1OC[C@@H](O)[C@H]2NC(=O)[C@H](Cc1ccccc1F)C[C@H](O)[C@H](Cc1ccc(Br)cc1)NC(=O)OC(C)(C)C. The van der Waals surface area contributed by atoms with Gasteiger partial charge in [0.1, 0.15) is 35.7 Å². The van der Waals surface area contributed by atoms with Crippen LogP contribution >= 0.6 is 15.9 Å².